The summed E-state index contributed by atoms with van der Waals surface area (Å²) in [6.45, 7) is 7.56. The van der Waals surface area contributed by atoms with Crippen LogP contribution in [0.15, 0.2) is 17.3 Å². The van der Waals surface area contributed by atoms with Gasteiger partial charge in [-0.05, 0) is 116 Å². The molecule has 4 aliphatic carbocycles. The number of aliphatic hydroxyl groups excluding tert-OH is 3. The summed E-state index contributed by atoms with van der Waals surface area (Å²) < 4.78 is 10.2. The molecule has 4 aliphatic rings. The third-order valence-electron chi connectivity index (χ3n) is 12.3. The Hall–Kier alpha value is -2.81. The summed E-state index contributed by atoms with van der Waals surface area (Å²) in [4.78, 5) is 27.3. The minimum atomic E-state index is -0.787. The number of nitrogens with zero attached hydrogens (tertiary/aromatic N) is 3. The lowest BCUT2D eigenvalue weighted by atomic mass is 9.43. The summed E-state index contributed by atoms with van der Waals surface area (Å²) in [5.74, 6) is 3.80. The topological polar surface area (TPSA) is 186 Å². The number of amides is 2. The second-order valence-corrected chi connectivity index (χ2v) is 14.8. The van der Waals surface area contributed by atoms with Gasteiger partial charge < -0.3 is 35.4 Å². The van der Waals surface area contributed by atoms with Crippen LogP contribution >= 0.6 is 0 Å². The molecule has 0 aromatic heterocycles. The number of nitrogens with one attached hydrogen (secondary N) is 2. The molecule has 3 unspecified atom stereocenters. The van der Waals surface area contributed by atoms with E-state index in [1.165, 1.54) is 6.08 Å². The van der Waals surface area contributed by atoms with E-state index >= 15 is 0 Å². The van der Waals surface area contributed by atoms with E-state index in [0.717, 1.165) is 51.4 Å². The van der Waals surface area contributed by atoms with Crippen LogP contribution in [0.4, 0.5) is 4.79 Å². The number of fused-ring (bicyclic) bond motifs is 5. The van der Waals surface area contributed by atoms with Gasteiger partial charge in [0.15, 0.2) is 0 Å². The van der Waals surface area contributed by atoms with E-state index in [-0.39, 0.29) is 67.5 Å². The van der Waals surface area contributed by atoms with Crippen molar-refractivity contribution >= 4 is 12.0 Å². The molecule has 0 spiro atoms. The van der Waals surface area contributed by atoms with E-state index < -0.39 is 24.5 Å². The summed E-state index contributed by atoms with van der Waals surface area (Å²) in [6, 6.07) is 0. The normalized spacial score (nSPS) is 37.3. The zero-order chi connectivity index (χ0) is 34.2. The predicted molar refractivity (Wildman–Crippen MR) is 176 cm³/mol. The van der Waals surface area contributed by atoms with Crippen LogP contribution in [0.3, 0.4) is 0 Å². The van der Waals surface area contributed by atoms with Crippen LogP contribution in [0.2, 0.25) is 0 Å². The van der Waals surface area contributed by atoms with Crippen LogP contribution in [0.1, 0.15) is 85.0 Å². The molecule has 0 aliphatic heterocycles. The molecule has 4 rings (SSSR count). The number of carbonyl (C=O) groups is 2. The number of hydrogen-bond acceptors (Lipinski definition) is 8. The summed E-state index contributed by atoms with van der Waals surface area (Å²) in [6.07, 6.45) is 13.7. The molecule has 12 nitrogen and oxygen atoms in total. The van der Waals surface area contributed by atoms with E-state index in [4.69, 9.17) is 21.4 Å². The summed E-state index contributed by atoms with van der Waals surface area (Å²) >= 11 is 0. The summed E-state index contributed by atoms with van der Waals surface area (Å²) in [5, 5.41) is 41.8. The van der Waals surface area contributed by atoms with Gasteiger partial charge in [-0.1, -0.05) is 32.0 Å². The van der Waals surface area contributed by atoms with Gasteiger partial charge in [0.2, 0.25) is 5.91 Å². The maximum absolute atomic E-state index is 12.6. The van der Waals surface area contributed by atoms with Crippen molar-refractivity contribution in [2.24, 2.45) is 51.5 Å². The molecule has 0 bridgehead atoms. The second-order valence-electron chi connectivity index (χ2n) is 14.8. The van der Waals surface area contributed by atoms with Gasteiger partial charge in [-0.15, -0.1) is 12.3 Å². The fourth-order valence-corrected chi connectivity index (χ4v) is 10.1. The Morgan fingerprint density at radius 1 is 1.04 bits per heavy atom. The highest BCUT2D eigenvalue weighted by molar-refractivity contribution is 5.88. The van der Waals surface area contributed by atoms with Crippen LogP contribution in [0.5, 0.6) is 0 Å². The molecule has 47 heavy (non-hydrogen) atoms. The maximum atomic E-state index is 12.6. The van der Waals surface area contributed by atoms with Gasteiger partial charge in [-0.3, -0.25) is 4.79 Å². The molecule has 262 valence electrons. The Bertz CT molecular complexity index is 1200. The highest BCUT2D eigenvalue weighted by Crippen LogP contribution is 2.68. The first-order chi connectivity index (χ1) is 22.5. The zero-order valence-corrected chi connectivity index (χ0v) is 28.2. The SMILES string of the molecule is C#CCC(NC(=O)C=CCC[C@@H](C)[C@H]1CC[C@H]2[C@@H]3C(O)C(O)[C@@H]4C[C@H](O)CC[C@]4(C)[C@H]3CC[C@]12C)NC(=O)OCCOCCN=[N+]=[N-]. The van der Waals surface area contributed by atoms with Crippen molar-refractivity contribution in [1.29, 1.82) is 0 Å². The summed E-state index contributed by atoms with van der Waals surface area (Å²) in [7, 11) is 0. The van der Waals surface area contributed by atoms with E-state index in [2.05, 4.69) is 47.4 Å². The van der Waals surface area contributed by atoms with E-state index in [1.807, 2.05) is 6.08 Å². The van der Waals surface area contributed by atoms with Crippen molar-refractivity contribution in [3.05, 3.63) is 22.6 Å². The fourth-order valence-electron chi connectivity index (χ4n) is 10.1. The first kappa shape index (κ1) is 37.0. The van der Waals surface area contributed by atoms with Crippen LogP contribution in [-0.4, -0.2) is 78.2 Å². The van der Waals surface area contributed by atoms with E-state index in [0.29, 0.717) is 30.1 Å². The van der Waals surface area contributed by atoms with Gasteiger partial charge in [0.1, 0.15) is 12.8 Å². The first-order valence-electron chi connectivity index (χ1n) is 17.4. The van der Waals surface area contributed by atoms with Crippen molar-refractivity contribution in [3.63, 3.8) is 0 Å². The Labute approximate surface area is 279 Å². The second kappa shape index (κ2) is 16.5. The average Bonchev–Trinajstić information content (AvgIpc) is 3.39. The number of allylic oxidation sites excluding steroid dienone is 1. The van der Waals surface area contributed by atoms with Gasteiger partial charge in [0, 0.05) is 17.9 Å². The molecule has 12 heteroatoms. The molecule has 4 saturated carbocycles. The standard InChI is InChI=1S/C35H55N5O7/c1-5-8-28(39-33(45)47-20-19-46-18-17-37-40-36)38-29(42)10-7-6-9-22(2)24-11-12-25-30-26(14-16-34(24,25)3)35(4)15-13-23(41)21-27(35)31(43)32(30)44/h1,7,10,22-28,30-32,41,43-44H,6,8-9,11-21H2,2-4H3,(H,38,42)(H,39,45)/t22-,23-,24-,25+,26+,27+,28?,30+,31?,32?,34-,35-/m1/s1. The molecule has 0 heterocycles. The zero-order valence-electron chi connectivity index (χ0n) is 28.2. The highest BCUT2D eigenvalue weighted by atomic mass is 16.6. The van der Waals surface area contributed by atoms with Crippen LogP contribution in [0, 0.1) is 58.7 Å². The van der Waals surface area contributed by atoms with Crippen LogP contribution in [0.25, 0.3) is 10.4 Å². The molecule has 2 amide bonds. The minimum absolute atomic E-state index is 0.00762. The van der Waals surface area contributed by atoms with Crippen molar-refractivity contribution in [3.8, 4) is 12.3 Å². The van der Waals surface area contributed by atoms with Gasteiger partial charge in [-0.25, -0.2) is 4.79 Å². The van der Waals surface area contributed by atoms with Crippen molar-refractivity contribution in [2.75, 3.05) is 26.4 Å². The smallest absolute Gasteiger partial charge is 0.408 e. The number of azide groups is 1. The monoisotopic (exact) mass is 657 g/mol. The molecule has 12 atom stereocenters. The number of ether oxygens (including phenoxy) is 2. The average molecular weight is 658 g/mol. The highest BCUT2D eigenvalue weighted by Gasteiger charge is 2.65. The molecule has 0 saturated heterocycles. The molecular formula is C35H55N5O7. The Morgan fingerprint density at radius 3 is 2.53 bits per heavy atom. The molecule has 0 aromatic rings. The van der Waals surface area contributed by atoms with Crippen molar-refractivity contribution in [2.45, 2.75) is 109 Å². The molecular weight excluding hydrogens is 602 g/mol. The lowest BCUT2D eigenvalue weighted by molar-refractivity contribution is -0.223. The number of alkyl carbamates (subject to hydrolysis) is 1. The lowest BCUT2D eigenvalue weighted by Gasteiger charge is -2.63. The third kappa shape index (κ3) is 8.44. The maximum Gasteiger partial charge on any atom is 0.408 e. The van der Waals surface area contributed by atoms with Gasteiger partial charge in [0.25, 0.3) is 0 Å². The summed E-state index contributed by atoms with van der Waals surface area (Å²) in [5.41, 5.74) is 8.29. The lowest BCUT2D eigenvalue weighted by Crippen LogP contribution is -2.64. The molecule has 0 radical (unpaired) electrons. The van der Waals surface area contributed by atoms with E-state index in [1.54, 1.807) is 0 Å². The molecule has 5 N–H and O–H groups in total. The van der Waals surface area contributed by atoms with Gasteiger partial charge in [-0.2, -0.15) is 0 Å². The fraction of sp³-hybridized carbons (Fsp3) is 0.829. The minimum Gasteiger partial charge on any atom is -0.447 e. The number of hydrogen-bond donors (Lipinski definition) is 5. The molecule has 4 fully saturated rings. The Kier molecular flexibility index (Phi) is 13.0. The van der Waals surface area contributed by atoms with Crippen molar-refractivity contribution < 1.29 is 34.4 Å². The Balaban J connectivity index is 1.24. The molecule has 0 aromatic carbocycles. The van der Waals surface area contributed by atoms with Gasteiger partial charge >= 0.3 is 6.09 Å². The van der Waals surface area contributed by atoms with Crippen LogP contribution < -0.4 is 10.6 Å². The number of carbonyl (C=O) groups excluding carboxylic acids is 2. The first-order valence-corrected chi connectivity index (χ1v) is 17.4. The van der Waals surface area contributed by atoms with Gasteiger partial charge in [0.05, 0.1) is 31.5 Å². The Morgan fingerprint density at radius 2 is 1.79 bits per heavy atom. The van der Waals surface area contributed by atoms with Crippen molar-refractivity contribution in [1.82, 2.24) is 10.6 Å². The number of rotatable bonds is 14. The van der Waals surface area contributed by atoms with Crippen LogP contribution in [-0.2, 0) is 14.3 Å². The third-order valence-corrected chi connectivity index (χ3v) is 12.3. The quantitative estimate of drug-likeness (QED) is 0.0347. The predicted octanol–water partition coefficient (Wildman–Crippen LogP) is 4.44. The van der Waals surface area contributed by atoms with E-state index in [9.17, 15) is 24.9 Å². The number of terminal acetylenes is 1. The number of aliphatic hydroxyl groups is 3. The largest absolute Gasteiger partial charge is 0.447 e.